The highest BCUT2D eigenvalue weighted by atomic mass is 16.3. The van der Waals surface area contributed by atoms with Crippen LogP contribution < -0.4 is 0 Å². The molecule has 3 rings (SSSR count). The molecule has 0 radical (unpaired) electrons. The molecule has 0 heterocycles. The van der Waals surface area contributed by atoms with Crippen molar-refractivity contribution in [3.05, 3.63) is 59.7 Å². The first-order valence-electron chi connectivity index (χ1n) is 6.98. The van der Waals surface area contributed by atoms with Crippen LogP contribution in [0.25, 0.3) is 21.5 Å². The largest absolute Gasteiger partial charge is 0.396 e. The number of hydrogen-bond acceptors (Lipinski definition) is 2. The predicted molar refractivity (Wildman–Crippen MR) is 83.0 cm³/mol. The lowest BCUT2D eigenvalue weighted by molar-refractivity contribution is 0.300. The summed E-state index contributed by atoms with van der Waals surface area (Å²) in [5.74, 6) is 0. The Labute approximate surface area is 118 Å². The summed E-state index contributed by atoms with van der Waals surface area (Å²) in [4.78, 5) is 0. The monoisotopic (exact) mass is 266 g/mol. The second kappa shape index (κ2) is 5.61. The Morgan fingerprint density at radius 3 is 1.60 bits per heavy atom. The van der Waals surface area contributed by atoms with Crippen LogP contribution in [0.15, 0.2) is 48.5 Å². The molecule has 0 unspecified atom stereocenters. The highest BCUT2D eigenvalue weighted by Gasteiger charge is 2.06. The Morgan fingerprint density at radius 2 is 1.15 bits per heavy atom. The average Bonchev–Trinajstić information content (AvgIpc) is 2.47. The van der Waals surface area contributed by atoms with Gasteiger partial charge in [0.05, 0.1) is 0 Å². The SMILES string of the molecule is OCCc1cccc2cc3cccc(CCO)c3cc12. The number of aliphatic hydroxyl groups excluding tert-OH is 2. The van der Waals surface area contributed by atoms with Gasteiger partial charge in [-0.1, -0.05) is 36.4 Å². The molecule has 0 aliphatic carbocycles. The zero-order valence-electron chi connectivity index (χ0n) is 11.3. The van der Waals surface area contributed by atoms with Gasteiger partial charge in [0, 0.05) is 13.2 Å². The fourth-order valence-electron chi connectivity index (χ4n) is 2.86. The minimum absolute atomic E-state index is 0.162. The van der Waals surface area contributed by atoms with Crippen molar-refractivity contribution < 1.29 is 10.2 Å². The Bertz CT molecular complexity index is 686. The van der Waals surface area contributed by atoms with Crippen molar-refractivity contribution in [2.24, 2.45) is 0 Å². The summed E-state index contributed by atoms with van der Waals surface area (Å²) in [7, 11) is 0. The van der Waals surface area contributed by atoms with Gasteiger partial charge in [-0.2, -0.15) is 0 Å². The van der Waals surface area contributed by atoms with E-state index in [0.717, 1.165) is 0 Å². The van der Waals surface area contributed by atoms with E-state index >= 15 is 0 Å². The first kappa shape index (κ1) is 13.1. The number of hydrogen-bond donors (Lipinski definition) is 2. The van der Waals surface area contributed by atoms with Crippen molar-refractivity contribution in [1.82, 2.24) is 0 Å². The van der Waals surface area contributed by atoms with E-state index in [1.54, 1.807) is 0 Å². The van der Waals surface area contributed by atoms with Crippen LogP contribution >= 0.6 is 0 Å². The second-order valence-corrected chi connectivity index (χ2v) is 5.08. The minimum Gasteiger partial charge on any atom is -0.396 e. The van der Waals surface area contributed by atoms with Gasteiger partial charge in [0.15, 0.2) is 0 Å². The molecule has 0 aromatic heterocycles. The van der Waals surface area contributed by atoms with Gasteiger partial charge < -0.3 is 10.2 Å². The van der Waals surface area contributed by atoms with Crippen molar-refractivity contribution in [3.8, 4) is 0 Å². The normalized spacial score (nSPS) is 11.3. The third-order valence-corrected chi connectivity index (χ3v) is 3.82. The first-order valence-corrected chi connectivity index (χ1v) is 6.98. The molecule has 0 aliphatic rings. The molecule has 0 atom stereocenters. The number of aliphatic hydroxyl groups is 2. The van der Waals surface area contributed by atoms with E-state index in [-0.39, 0.29) is 13.2 Å². The molecule has 0 aliphatic heterocycles. The first-order chi connectivity index (χ1) is 9.83. The maximum atomic E-state index is 9.20. The van der Waals surface area contributed by atoms with E-state index in [9.17, 15) is 10.2 Å². The molecule has 2 N–H and O–H groups in total. The molecule has 102 valence electrons. The van der Waals surface area contributed by atoms with Gasteiger partial charge in [0.25, 0.3) is 0 Å². The number of rotatable bonds is 4. The van der Waals surface area contributed by atoms with Crippen LogP contribution in [-0.2, 0) is 12.8 Å². The van der Waals surface area contributed by atoms with Crippen LogP contribution in [0, 0.1) is 0 Å². The zero-order chi connectivity index (χ0) is 13.9. The fraction of sp³-hybridized carbons (Fsp3) is 0.222. The number of benzene rings is 3. The van der Waals surface area contributed by atoms with Crippen molar-refractivity contribution in [1.29, 1.82) is 0 Å². The van der Waals surface area contributed by atoms with Gasteiger partial charge in [-0.3, -0.25) is 0 Å². The van der Waals surface area contributed by atoms with Crippen molar-refractivity contribution in [2.75, 3.05) is 13.2 Å². The van der Waals surface area contributed by atoms with Gasteiger partial charge >= 0.3 is 0 Å². The Morgan fingerprint density at radius 1 is 0.650 bits per heavy atom. The molecular weight excluding hydrogens is 248 g/mol. The molecule has 3 aromatic carbocycles. The standard InChI is InChI=1S/C18H18O2/c19-9-7-13-3-1-5-15-11-16-6-2-4-14(8-10-20)18(16)12-17(13)15/h1-6,11-12,19-20H,7-10H2. The van der Waals surface area contributed by atoms with E-state index in [1.165, 1.54) is 32.7 Å². The van der Waals surface area contributed by atoms with Gasteiger partial charge in [0.2, 0.25) is 0 Å². The third-order valence-electron chi connectivity index (χ3n) is 3.82. The lowest BCUT2D eigenvalue weighted by atomic mass is 9.95. The average molecular weight is 266 g/mol. The summed E-state index contributed by atoms with van der Waals surface area (Å²) in [5, 5.41) is 23.2. The lowest BCUT2D eigenvalue weighted by Gasteiger charge is -2.10. The molecule has 3 aromatic rings. The summed E-state index contributed by atoms with van der Waals surface area (Å²) in [6, 6.07) is 16.8. The topological polar surface area (TPSA) is 40.5 Å². The summed E-state index contributed by atoms with van der Waals surface area (Å²) in [6.45, 7) is 0.324. The summed E-state index contributed by atoms with van der Waals surface area (Å²) in [6.07, 6.45) is 1.34. The van der Waals surface area contributed by atoms with Crippen LogP contribution in [0.4, 0.5) is 0 Å². The molecule has 0 saturated heterocycles. The molecule has 0 bridgehead atoms. The van der Waals surface area contributed by atoms with Crippen molar-refractivity contribution >= 4 is 21.5 Å². The molecule has 2 nitrogen and oxygen atoms in total. The third kappa shape index (κ3) is 2.28. The van der Waals surface area contributed by atoms with E-state index in [0.29, 0.717) is 12.8 Å². The Hall–Kier alpha value is -1.90. The summed E-state index contributed by atoms with van der Waals surface area (Å²) < 4.78 is 0. The predicted octanol–water partition coefficient (Wildman–Crippen LogP) is 3.06. The molecule has 2 heteroatoms. The van der Waals surface area contributed by atoms with E-state index in [1.807, 2.05) is 12.1 Å². The van der Waals surface area contributed by atoms with Gasteiger partial charge in [0.1, 0.15) is 0 Å². The Balaban J connectivity index is 2.30. The van der Waals surface area contributed by atoms with Gasteiger partial charge in [-0.05, 0) is 57.6 Å². The molecule has 20 heavy (non-hydrogen) atoms. The second-order valence-electron chi connectivity index (χ2n) is 5.08. The van der Waals surface area contributed by atoms with Crippen molar-refractivity contribution in [3.63, 3.8) is 0 Å². The van der Waals surface area contributed by atoms with Crippen LogP contribution in [0.1, 0.15) is 11.1 Å². The lowest BCUT2D eigenvalue weighted by Crippen LogP contribution is -1.94. The molecule has 0 spiro atoms. The Kier molecular flexibility index (Phi) is 3.68. The van der Waals surface area contributed by atoms with Crippen LogP contribution in [0.2, 0.25) is 0 Å². The number of fused-ring (bicyclic) bond motifs is 2. The van der Waals surface area contributed by atoms with Crippen molar-refractivity contribution in [2.45, 2.75) is 12.8 Å². The summed E-state index contributed by atoms with van der Waals surface area (Å²) >= 11 is 0. The highest BCUT2D eigenvalue weighted by Crippen LogP contribution is 2.28. The van der Waals surface area contributed by atoms with Crippen LogP contribution in [0.5, 0.6) is 0 Å². The molecule has 0 fully saturated rings. The zero-order valence-corrected chi connectivity index (χ0v) is 11.3. The molecule has 0 saturated carbocycles. The van der Waals surface area contributed by atoms with E-state index in [4.69, 9.17) is 0 Å². The van der Waals surface area contributed by atoms with Gasteiger partial charge in [-0.15, -0.1) is 0 Å². The minimum atomic E-state index is 0.162. The highest BCUT2D eigenvalue weighted by molar-refractivity contribution is 6.00. The van der Waals surface area contributed by atoms with Crippen LogP contribution in [0.3, 0.4) is 0 Å². The molecule has 0 amide bonds. The quantitative estimate of drug-likeness (QED) is 0.712. The van der Waals surface area contributed by atoms with E-state index < -0.39 is 0 Å². The van der Waals surface area contributed by atoms with Gasteiger partial charge in [-0.25, -0.2) is 0 Å². The smallest absolute Gasteiger partial charge is 0.0471 e. The summed E-state index contributed by atoms with van der Waals surface area (Å²) in [5.41, 5.74) is 2.34. The molecular formula is C18H18O2. The van der Waals surface area contributed by atoms with E-state index in [2.05, 4.69) is 36.4 Å². The fourth-order valence-corrected chi connectivity index (χ4v) is 2.86. The maximum Gasteiger partial charge on any atom is 0.0471 e. The van der Waals surface area contributed by atoms with Crippen LogP contribution in [-0.4, -0.2) is 23.4 Å². The maximum absolute atomic E-state index is 9.20.